The van der Waals surface area contributed by atoms with Crippen molar-refractivity contribution in [3.8, 4) is 17.4 Å². The summed E-state index contributed by atoms with van der Waals surface area (Å²) in [7, 11) is 0. The highest BCUT2D eigenvalue weighted by Gasteiger charge is 2.25. The molecule has 0 amide bonds. The number of furan rings is 1. The molecule has 6 aromatic carbocycles. The van der Waals surface area contributed by atoms with Crippen LogP contribution in [0.1, 0.15) is 37.5 Å². The molecule has 5 nitrogen and oxygen atoms in total. The summed E-state index contributed by atoms with van der Waals surface area (Å²) in [6.07, 6.45) is 1.37. The van der Waals surface area contributed by atoms with Crippen LogP contribution in [0.5, 0.6) is 0 Å². The maximum atomic E-state index is 11.0. The Labute approximate surface area is 271 Å². The van der Waals surface area contributed by atoms with Crippen molar-refractivity contribution in [3.63, 3.8) is 0 Å². The monoisotopic (exact) mass is 606 g/mol. The highest BCUT2D eigenvalue weighted by Crippen LogP contribution is 2.43. The maximum Gasteiger partial charge on any atom is 0.145 e. The number of nitriles is 1. The highest BCUT2D eigenvalue weighted by molar-refractivity contribution is 6.24. The molecule has 5 heteroatoms. The molecule has 0 radical (unpaired) electrons. The molecule has 0 aliphatic heterocycles. The highest BCUT2D eigenvalue weighted by atomic mass is 16.3. The molecule has 1 N–H and O–H groups in total. The molecule has 0 bridgehead atoms. The van der Waals surface area contributed by atoms with Gasteiger partial charge in [0.2, 0.25) is 0 Å². The number of para-hydroxylation sites is 3. The summed E-state index contributed by atoms with van der Waals surface area (Å²) in [6.45, 7) is 6.68. The zero-order chi connectivity index (χ0) is 32.0. The third-order valence-electron chi connectivity index (χ3n) is 9.60. The van der Waals surface area contributed by atoms with Gasteiger partial charge in [0.05, 0.1) is 38.8 Å². The van der Waals surface area contributed by atoms with Gasteiger partial charge in [-0.25, -0.2) is 0 Å². The Morgan fingerprint density at radius 3 is 1.85 bits per heavy atom. The van der Waals surface area contributed by atoms with Crippen molar-refractivity contribution in [2.75, 3.05) is 0 Å². The fourth-order valence-electron chi connectivity index (χ4n) is 7.38. The lowest BCUT2D eigenvalue weighted by molar-refractivity contribution is 0.591. The summed E-state index contributed by atoms with van der Waals surface area (Å²) < 4.78 is 11.0. The minimum absolute atomic E-state index is 0.0635. The minimum atomic E-state index is -0.0635. The molecular formula is C42H30N4O. The molecule has 0 saturated carbocycles. The largest absolute Gasteiger partial charge is 0.455 e. The normalized spacial score (nSPS) is 12.2. The Kier molecular flexibility index (Phi) is 5.61. The Balaban J connectivity index is 1.46. The molecule has 0 saturated heterocycles. The van der Waals surface area contributed by atoms with Gasteiger partial charge in [0.1, 0.15) is 22.8 Å². The summed E-state index contributed by atoms with van der Waals surface area (Å²) in [6, 6.07) is 42.2. The first kappa shape index (κ1) is 27.2. The number of nitrogens with zero attached hydrogens (tertiary/aromatic N) is 3. The first-order valence-electron chi connectivity index (χ1n) is 15.8. The number of hydrogen-bond donors (Lipinski definition) is 1. The Morgan fingerprint density at radius 1 is 0.638 bits per heavy atom. The van der Waals surface area contributed by atoms with Gasteiger partial charge in [-0.1, -0.05) is 81.4 Å². The third-order valence-corrected chi connectivity index (χ3v) is 9.60. The molecule has 0 spiro atoms. The van der Waals surface area contributed by atoms with E-state index in [-0.39, 0.29) is 5.41 Å². The Morgan fingerprint density at radius 2 is 1.21 bits per heavy atom. The quantitative estimate of drug-likeness (QED) is 0.203. The van der Waals surface area contributed by atoms with E-state index >= 15 is 0 Å². The number of rotatable bonds is 3. The van der Waals surface area contributed by atoms with E-state index in [0.717, 1.165) is 76.9 Å². The summed E-state index contributed by atoms with van der Waals surface area (Å²) in [5.74, 6) is 0. The molecule has 0 unspecified atom stereocenters. The topological polar surface area (TPSA) is 70.6 Å². The van der Waals surface area contributed by atoms with Gasteiger partial charge in [-0.05, 0) is 71.1 Å². The van der Waals surface area contributed by atoms with Gasteiger partial charge < -0.3 is 19.0 Å². The van der Waals surface area contributed by atoms with E-state index in [9.17, 15) is 5.26 Å². The molecule has 224 valence electrons. The molecular weight excluding hydrogens is 576 g/mol. The predicted molar refractivity (Wildman–Crippen MR) is 194 cm³/mol. The van der Waals surface area contributed by atoms with Gasteiger partial charge in [-0.15, -0.1) is 0 Å². The van der Waals surface area contributed by atoms with Crippen LogP contribution in [0.15, 0.2) is 120 Å². The number of fused-ring (bicyclic) bond motifs is 10. The molecule has 0 aliphatic rings. The van der Waals surface area contributed by atoms with E-state index in [4.69, 9.17) is 9.83 Å². The number of aromatic nitrogens is 2. The number of hydrogen-bond acceptors (Lipinski definition) is 3. The van der Waals surface area contributed by atoms with Crippen molar-refractivity contribution in [2.45, 2.75) is 26.2 Å². The van der Waals surface area contributed by atoms with Crippen molar-refractivity contribution in [3.05, 3.63) is 132 Å². The zero-order valence-corrected chi connectivity index (χ0v) is 26.3. The molecule has 0 aliphatic carbocycles. The van der Waals surface area contributed by atoms with Crippen LogP contribution in [0, 0.1) is 16.7 Å². The van der Waals surface area contributed by atoms with E-state index in [2.05, 4.69) is 96.6 Å². The first-order valence-corrected chi connectivity index (χ1v) is 15.8. The average Bonchev–Trinajstić information content (AvgIpc) is 3.74. The van der Waals surface area contributed by atoms with E-state index < -0.39 is 0 Å². The van der Waals surface area contributed by atoms with Gasteiger partial charge in [-0.2, -0.15) is 5.26 Å². The van der Waals surface area contributed by atoms with Gasteiger partial charge in [0.25, 0.3) is 0 Å². The number of benzene rings is 6. The van der Waals surface area contributed by atoms with Crippen molar-refractivity contribution in [1.29, 1.82) is 10.7 Å². The second-order valence-electron chi connectivity index (χ2n) is 13.3. The van der Waals surface area contributed by atoms with Crippen LogP contribution >= 0.6 is 0 Å². The fraction of sp³-hybridized carbons (Fsp3) is 0.0952. The van der Waals surface area contributed by atoms with Crippen LogP contribution in [0.4, 0.5) is 0 Å². The Hall–Kier alpha value is -6.12. The van der Waals surface area contributed by atoms with E-state index in [1.807, 2.05) is 54.6 Å². The van der Waals surface area contributed by atoms with E-state index in [1.54, 1.807) is 0 Å². The third kappa shape index (κ3) is 3.79. The number of nitrogens with one attached hydrogen (secondary N) is 1. The smallest absolute Gasteiger partial charge is 0.145 e. The average molecular weight is 607 g/mol. The lowest BCUT2D eigenvalue weighted by atomic mass is 9.86. The van der Waals surface area contributed by atoms with Crippen molar-refractivity contribution in [1.82, 2.24) is 9.13 Å². The van der Waals surface area contributed by atoms with Crippen LogP contribution in [0.2, 0.25) is 0 Å². The second kappa shape index (κ2) is 9.69. The van der Waals surface area contributed by atoms with Gasteiger partial charge in [-0.3, -0.25) is 0 Å². The van der Waals surface area contributed by atoms with Gasteiger partial charge in [0.15, 0.2) is 0 Å². The van der Waals surface area contributed by atoms with E-state index in [1.165, 1.54) is 11.8 Å². The van der Waals surface area contributed by atoms with E-state index in [0.29, 0.717) is 11.1 Å². The fourth-order valence-corrected chi connectivity index (χ4v) is 7.38. The maximum absolute atomic E-state index is 11.0. The second-order valence-corrected chi connectivity index (χ2v) is 13.3. The van der Waals surface area contributed by atoms with Gasteiger partial charge in [0, 0.05) is 33.1 Å². The van der Waals surface area contributed by atoms with Crippen LogP contribution in [-0.2, 0) is 5.41 Å². The summed E-state index contributed by atoms with van der Waals surface area (Å²) in [4.78, 5) is 0. The standard InChI is InChI=1S/C42H30N4O/c1-42(2,3)26-16-18-35-31(22-26)40-36(19-17-30-29-12-6-9-15-39(29)47-41(30)40)46(35)38-21-25(23-43)20-37(32(38)24-44)45-33-13-7-4-10-27(33)28-11-5-8-14-34(28)45/h4-23,43H,1-3H3. The van der Waals surface area contributed by atoms with Crippen LogP contribution in [-0.4, -0.2) is 15.3 Å². The van der Waals surface area contributed by atoms with Crippen molar-refractivity contribution < 1.29 is 4.42 Å². The molecule has 9 rings (SSSR count). The summed E-state index contributed by atoms with van der Waals surface area (Å²) in [5, 5.41) is 25.9. The van der Waals surface area contributed by atoms with Crippen LogP contribution in [0.3, 0.4) is 0 Å². The van der Waals surface area contributed by atoms with Crippen molar-refractivity contribution in [2.24, 2.45) is 0 Å². The molecule has 0 atom stereocenters. The summed E-state index contributed by atoms with van der Waals surface area (Å²) >= 11 is 0. The molecule has 0 fully saturated rings. The van der Waals surface area contributed by atoms with Crippen LogP contribution in [0.25, 0.3) is 76.9 Å². The molecule has 3 aromatic heterocycles. The predicted octanol–water partition coefficient (Wildman–Crippen LogP) is 10.9. The lowest BCUT2D eigenvalue weighted by Gasteiger charge is -2.19. The molecule has 3 heterocycles. The first-order chi connectivity index (χ1) is 22.9. The van der Waals surface area contributed by atoms with Crippen LogP contribution < -0.4 is 0 Å². The Bertz CT molecular complexity index is 2760. The van der Waals surface area contributed by atoms with Crippen molar-refractivity contribution >= 4 is 71.8 Å². The molecule has 9 aromatic rings. The van der Waals surface area contributed by atoms with Gasteiger partial charge >= 0.3 is 0 Å². The zero-order valence-electron chi connectivity index (χ0n) is 26.3. The lowest BCUT2D eigenvalue weighted by Crippen LogP contribution is -2.10. The summed E-state index contributed by atoms with van der Waals surface area (Å²) in [5.41, 5.74) is 9.51. The minimum Gasteiger partial charge on any atom is -0.455 e. The SMILES string of the molecule is CC(C)(C)c1ccc2c(c1)c1c3oc4ccccc4c3ccc1n2-c1cc(C=N)cc(-n2c3ccccc3c3ccccc32)c1C#N. The molecule has 47 heavy (non-hydrogen) atoms.